The highest BCUT2D eigenvalue weighted by molar-refractivity contribution is 6.80. The monoisotopic (exact) mass is 354 g/mol. The van der Waals surface area contributed by atoms with Crippen LogP contribution in [0.2, 0.25) is 6.55 Å². The van der Waals surface area contributed by atoms with E-state index in [2.05, 4.69) is 6.55 Å². The zero-order valence-corrected chi connectivity index (χ0v) is 17.8. The SMILES string of the molecule is CCO[Si](C)(OCC)c1cccc(OC(C)(C)C)c1OC(C)(C)C. The fourth-order valence-electron chi connectivity index (χ4n) is 2.44. The molecule has 0 saturated heterocycles. The molecule has 1 aromatic rings. The Kier molecular flexibility index (Phi) is 6.91. The summed E-state index contributed by atoms with van der Waals surface area (Å²) in [4.78, 5) is 0. The Morgan fingerprint density at radius 1 is 0.833 bits per heavy atom. The first-order valence-corrected chi connectivity index (χ1v) is 11.0. The topological polar surface area (TPSA) is 36.9 Å². The molecule has 1 rings (SSSR count). The molecule has 4 nitrogen and oxygen atoms in total. The van der Waals surface area contributed by atoms with Crippen LogP contribution in [0.4, 0.5) is 0 Å². The smallest absolute Gasteiger partial charge is 0.373 e. The minimum absolute atomic E-state index is 0.316. The van der Waals surface area contributed by atoms with Gasteiger partial charge in [-0.2, -0.15) is 0 Å². The Morgan fingerprint density at radius 2 is 1.33 bits per heavy atom. The van der Waals surface area contributed by atoms with Gasteiger partial charge in [0.15, 0.2) is 11.5 Å². The van der Waals surface area contributed by atoms with Crippen molar-refractivity contribution in [2.75, 3.05) is 13.2 Å². The van der Waals surface area contributed by atoms with Gasteiger partial charge in [0.1, 0.15) is 11.2 Å². The molecule has 138 valence electrons. The Morgan fingerprint density at radius 3 is 1.75 bits per heavy atom. The van der Waals surface area contributed by atoms with Gasteiger partial charge in [-0.25, -0.2) is 0 Å². The van der Waals surface area contributed by atoms with E-state index in [0.29, 0.717) is 13.2 Å². The molecular formula is C19H34O4Si. The minimum Gasteiger partial charge on any atom is -0.484 e. The summed E-state index contributed by atoms with van der Waals surface area (Å²) in [5, 5.41) is 0.975. The number of benzene rings is 1. The first kappa shape index (κ1) is 21.0. The van der Waals surface area contributed by atoms with Crippen molar-refractivity contribution in [3.63, 3.8) is 0 Å². The molecule has 0 aliphatic heterocycles. The van der Waals surface area contributed by atoms with Crippen LogP contribution in [-0.2, 0) is 8.85 Å². The normalized spacial score (nSPS) is 13.0. The first-order valence-electron chi connectivity index (χ1n) is 8.71. The van der Waals surface area contributed by atoms with Crippen LogP contribution in [0.15, 0.2) is 18.2 Å². The molecule has 0 saturated carbocycles. The van der Waals surface area contributed by atoms with Crippen molar-refractivity contribution < 1.29 is 18.3 Å². The molecule has 0 aliphatic rings. The lowest BCUT2D eigenvalue weighted by molar-refractivity contribution is 0.0959. The lowest BCUT2D eigenvalue weighted by atomic mass is 10.1. The third-order valence-electron chi connectivity index (χ3n) is 3.13. The second kappa shape index (κ2) is 7.89. The largest absolute Gasteiger partial charge is 0.484 e. The third-order valence-corrected chi connectivity index (χ3v) is 6.18. The van der Waals surface area contributed by atoms with Gasteiger partial charge in [0.2, 0.25) is 0 Å². The molecule has 5 heteroatoms. The van der Waals surface area contributed by atoms with Gasteiger partial charge in [-0.1, -0.05) is 12.1 Å². The molecule has 0 N–H and O–H groups in total. The average Bonchev–Trinajstić information content (AvgIpc) is 2.38. The van der Waals surface area contributed by atoms with Crippen molar-refractivity contribution in [2.24, 2.45) is 0 Å². The van der Waals surface area contributed by atoms with E-state index in [1.165, 1.54) is 0 Å². The van der Waals surface area contributed by atoms with Gasteiger partial charge < -0.3 is 18.3 Å². The molecule has 0 amide bonds. The second-order valence-corrected chi connectivity index (χ2v) is 10.9. The molecule has 0 bridgehead atoms. The van der Waals surface area contributed by atoms with Gasteiger partial charge in [0.25, 0.3) is 0 Å². The van der Waals surface area contributed by atoms with Crippen LogP contribution in [-0.4, -0.2) is 33.0 Å². The molecule has 1 aromatic carbocycles. The van der Waals surface area contributed by atoms with Crippen LogP contribution >= 0.6 is 0 Å². The maximum Gasteiger partial charge on any atom is 0.373 e. The molecule has 0 atom stereocenters. The van der Waals surface area contributed by atoms with Crippen molar-refractivity contribution in [3.05, 3.63) is 18.2 Å². The minimum atomic E-state index is -2.58. The zero-order chi connectivity index (χ0) is 18.6. The quantitative estimate of drug-likeness (QED) is 0.680. The van der Waals surface area contributed by atoms with Crippen molar-refractivity contribution in [1.29, 1.82) is 0 Å². The summed E-state index contributed by atoms with van der Waals surface area (Å²) in [6.45, 7) is 19.4. The summed E-state index contributed by atoms with van der Waals surface area (Å²) in [6, 6.07) is 5.96. The number of para-hydroxylation sites is 1. The molecule has 0 aromatic heterocycles. The van der Waals surface area contributed by atoms with Crippen molar-refractivity contribution in [2.45, 2.75) is 73.1 Å². The number of ether oxygens (including phenoxy) is 2. The van der Waals surface area contributed by atoms with Crippen LogP contribution in [0.25, 0.3) is 0 Å². The number of hydrogen-bond donors (Lipinski definition) is 0. The lowest BCUT2D eigenvalue weighted by Gasteiger charge is -2.33. The summed E-state index contributed by atoms with van der Waals surface area (Å²) in [6.07, 6.45) is 0. The van der Waals surface area contributed by atoms with Crippen molar-refractivity contribution in [1.82, 2.24) is 0 Å². The van der Waals surface area contributed by atoms with E-state index in [9.17, 15) is 0 Å². The summed E-state index contributed by atoms with van der Waals surface area (Å²) in [5.74, 6) is 1.46. The molecule has 0 radical (unpaired) electrons. The molecule has 0 fully saturated rings. The predicted octanol–water partition coefficient (Wildman–Crippen LogP) is 4.39. The maximum absolute atomic E-state index is 6.30. The second-order valence-electron chi connectivity index (χ2n) is 7.87. The van der Waals surface area contributed by atoms with E-state index in [1.54, 1.807) is 0 Å². The average molecular weight is 355 g/mol. The lowest BCUT2D eigenvalue weighted by Crippen LogP contribution is -2.52. The fraction of sp³-hybridized carbons (Fsp3) is 0.684. The summed E-state index contributed by atoms with van der Waals surface area (Å²) in [5.41, 5.74) is -0.663. The Balaban J connectivity index is 3.49. The summed E-state index contributed by atoms with van der Waals surface area (Å²) < 4.78 is 24.6. The van der Waals surface area contributed by atoms with Gasteiger partial charge in [-0.15, -0.1) is 0 Å². The predicted molar refractivity (Wildman–Crippen MR) is 102 cm³/mol. The van der Waals surface area contributed by atoms with E-state index in [1.807, 2.05) is 73.6 Å². The highest BCUT2D eigenvalue weighted by atomic mass is 28.4. The fourth-order valence-corrected chi connectivity index (χ4v) is 4.92. The zero-order valence-electron chi connectivity index (χ0n) is 16.8. The van der Waals surface area contributed by atoms with Crippen LogP contribution in [0, 0.1) is 0 Å². The van der Waals surface area contributed by atoms with Gasteiger partial charge >= 0.3 is 8.56 Å². The number of rotatable bonds is 7. The van der Waals surface area contributed by atoms with Gasteiger partial charge in [0, 0.05) is 18.4 Å². The Labute approximate surface area is 148 Å². The molecule has 24 heavy (non-hydrogen) atoms. The van der Waals surface area contributed by atoms with E-state index in [-0.39, 0.29) is 11.2 Å². The van der Waals surface area contributed by atoms with E-state index in [4.69, 9.17) is 18.3 Å². The van der Waals surface area contributed by atoms with Gasteiger partial charge in [0.05, 0.1) is 0 Å². The van der Waals surface area contributed by atoms with E-state index in [0.717, 1.165) is 16.7 Å². The highest BCUT2D eigenvalue weighted by Crippen LogP contribution is 2.33. The van der Waals surface area contributed by atoms with Gasteiger partial charge in [-0.05, 0) is 68.0 Å². The van der Waals surface area contributed by atoms with Crippen LogP contribution < -0.4 is 14.7 Å². The third kappa shape index (κ3) is 6.11. The molecule has 0 unspecified atom stereocenters. The van der Waals surface area contributed by atoms with Crippen LogP contribution in [0.1, 0.15) is 55.4 Å². The highest BCUT2D eigenvalue weighted by Gasteiger charge is 2.39. The van der Waals surface area contributed by atoms with E-state index < -0.39 is 8.56 Å². The maximum atomic E-state index is 6.30. The number of hydrogen-bond acceptors (Lipinski definition) is 4. The Bertz CT molecular complexity index is 523. The Hall–Kier alpha value is -1.04. The van der Waals surface area contributed by atoms with E-state index >= 15 is 0 Å². The standard InChI is InChI=1S/C19H34O4Si/c1-10-20-24(9,21-11-2)16-14-12-13-15(22-18(3,4)5)17(16)23-19(6,7)8/h12-14H,10-11H2,1-9H3. The van der Waals surface area contributed by atoms with Gasteiger partial charge in [-0.3, -0.25) is 0 Å². The molecular weight excluding hydrogens is 320 g/mol. The molecule has 0 spiro atoms. The molecule has 0 heterocycles. The van der Waals surface area contributed by atoms with Crippen LogP contribution in [0.3, 0.4) is 0 Å². The van der Waals surface area contributed by atoms with Crippen molar-refractivity contribution >= 4 is 13.7 Å². The summed E-state index contributed by atoms with van der Waals surface area (Å²) >= 11 is 0. The van der Waals surface area contributed by atoms with Crippen molar-refractivity contribution in [3.8, 4) is 11.5 Å². The van der Waals surface area contributed by atoms with Crippen LogP contribution in [0.5, 0.6) is 11.5 Å². The summed E-state index contributed by atoms with van der Waals surface area (Å²) in [7, 11) is -2.58. The molecule has 0 aliphatic carbocycles. The first-order chi connectivity index (χ1) is 10.9.